The summed E-state index contributed by atoms with van der Waals surface area (Å²) in [6.07, 6.45) is 1.13. The predicted octanol–water partition coefficient (Wildman–Crippen LogP) is 1.67. The molecule has 1 radical (unpaired) electrons. The molecule has 1 heterocycles. The zero-order valence-corrected chi connectivity index (χ0v) is 6.96. The van der Waals surface area contributed by atoms with Crippen molar-refractivity contribution in [1.29, 1.82) is 0 Å². The molecule has 5 heteroatoms. The molecule has 0 unspecified atom stereocenters. The molecule has 0 N–H and O–H groups in total. The second-order valence-corrected chi connectivity index (χ2v) is 2.41. The van der Waals surface area contributed by atoms with Gasteiger partial charge in [0.2, 0.25) is 0 Å². The molecule has 0 aromatic carbocycles. The van der Waals surface area contributed by atoms with Gasteiger partial charge in [-0.3, -0.25) is 5.11 Å². The van der Waals surface area contributed by atoms with Crippen LogP contribution in [-0.2, 0) is 9.84 Å². The maximum absolute atomic E-state index is 10.9. The number of methoxy groups -OCH3 is 1. The van der Waals surface area contributed by atoms with Gasteiger partial charge in [0.15, 0.2) is 0 Å². The first-order valence-electron chi connectivity index (χ1n) is 3.06. The third-order valence-corrected chi connectivity index (χ3v) is 1.50. The summed E-state index contributed by atoms with van der Waals surface area (Å²) in [4.78, 5) is 14.2. The van der Waals surface area contributed by atoms with Crippen LogP contribution in [0, 0.1) is 0 Å². The van der Waals surface area contributed by atoms with E-state index in [0.717, 1.165) is 6.20 Å². The Kier molecular flexibility index (Phi) is 2.50. The number of hydrogen-bond acceptors (Lipinski definition) is 3. The first-order chi connectivity index (χ1) is 5.65. The number of pyridine rings is 1. The van der Waals surface area contributed by atoms with E-state index in [1.165, 1.54) is 13.2 Å². The Bertz CT molecular complexity index is 314. The van der Waals surface area contributed by atoms with Gasteiger partial charge in [-0.25, -0.2) is 9.78 Å². The van der Waals surface area contributed by atoms with Crippen LogP contribution in [0.5, 0.6) is 5.88 Å². The van der Waals surface area contributed by atoms with Crippen molar-refractivity contribution in [1.82, 2.24) is 4.98 Å². The quantitative estimate of drug-likeness (QED) is 0.627. The Morgan fingerprint density at radius 2 is 2.33 bits per heavy atom. The number of aromatic nitrogens is 1. The highest BCUT2D eigenvalue weighted by Crippen LogP contribution is 2.21. The van der Waals surface area contributed by atoms with Crippen LogP contribution in [-0.4, -0.2) is 18.1 Å². The molecule has 63 valence electrons. The zero-order chi connectivity index (χ0) is 9.14. The molecule has 0 aliphatic rings. The van der Waals surface area contributed by atoms with Crippen molar-refractivity contribution < 1.29 is 14.6 Å². The summed E-state index contributed by atoms with van der Waals surface area (Å²) in [6.45, 7) is 0. The highest BCUT2D eigenvalue weighted by molar-refractivity contribution is 6.32. The molecule has 0 saturated heterocycles. The lowest BCUT2D eigenvalue weighted by atomic mass is 10.3. The first-order valence-corrected chi connectivity index (χ1v) is 3.44. The van der Waals surface area contributed by atoms with Crippen molar-refractivity contribution >= 4 is 17.6 Å². The van der Waals surface area contributed by atoms with Crippen LogP contribution in [0.15, 0.2) is 12.3 Å². The summed E-state index contributed by atoms with van der Waals surface area (Å²) in [6, 6.07) is 1.22. The predicted molar refractivity (Wildman–Crippen MR) is 40.7 cm³/mol. The van der Waals surface area contributed by atoms with Crippen LogP contribution in [0.1, 0.15) is 10.4 Å². The lowest BCUT2D eigenvalue weighted by Crippen LogP contribution is -2.01. The fraction of sp³-hybridized carbons (Fsp3) is 0.143. The highest BCUT2D eigenvalue weighted by atomic mass is 35.5. The van der Waals surface area contributed by atoms with E-state index in [-0.39, 0.29) is 10.6 Å². The SMILES string of the molecule is COC(=O)c1cnc([O])c(Cl)c1. The van der Waals surface area contributed by atoms with Crippen molar-refractivity contribution in [3.05, 3.63) is 22.8 Å². The molecule has 4 nitrogen and oxygen atoms in total. The lowest BCUT2D eigenvalue weighted by Gasteiger charge is -1.97. The Morgan fingerprint density at radius 1 is 1.67 bits per heavy atom. The van der Waals surface area contributed by atoms with Gasteiger partial charge in [0.1, 0.15) is 5.02 Å². The first kappa shape index (κ1) is 8.80. The van der Waals surface area contributed by atoms with Crippen LogP contribution >= 0.6 is 11.6 Å². The van der Waals surface area contributed by atoms with E-state index in [1.807, 2.05) is 0 Å². The minimum absolute atomic E-state index is 0.0853. The fourth-order valence-corrected chi connectivity index (χ4v) is 0.821. The minimum Gasteiger partial charge on any atom is -0.465 e. The van der Waals surface area contributed by atoms with Gasteiger partial charge < -0.3 is 4.74 Å². The van der Waals surface area contributed by atoms with E-state index < -0.39 is 11.8 Å². The summed E-state index contributed by atoms with van der Waals surface area (Å²) in [5, 5.41) is 10.6. The van der Waals surface area contributed by atoms with Gasteiger partial charge in [0, 0.05) is 6.20 Å². The van der Waals surface area contributed by atoms with Crippen molar-refractivity contribution in [3.8, 4) is 5.88 Å². The van der Waals surface area contributed by atoms with Gasteiger partial charge in [-0.15, -0.1) is 0 Å². The van der Waals surface area contributed by atoms with Gasteiger partial charge in [-0.2, -0.15) is 0 Å². The summed E-state index contributed by atoms with van der Waals surface area (Å²) < 4.78 is 4.39. The number of halogens is 1. The van der Waals surface area contributed by atoms with E-state index in [0.29, 0.717) is 0 Å². The van der Waals surface area contributed by atoms with Crippen molar-refractivity contribution in [2.75, 3.05) is 7.11 Å². The molecule has 1 rings (SSSR count). The van der Waals surface area contributed by atoms with E-state index in [9.17, 15) is 9.90 Å². The number of carbonyl (C=O) groups excluding carboxylic acids is 1. The molecule has 0 spiro atoms. The number of rotatable bonds is 1. The Labute approximate surface area is 73.8 Å². The number of hydrogen-bond donors (Lipinski definition) is 0. The largest absolute Gasteiger partial charge is 0.465 e. The minimum atomic E-state index is -0.565. The summed E-state index contributed by atoms with van der Waals surface area (Å²) in [5.41, 5.74) is 0.169. The van der Waals surface area contributed by atoms with Crippen LogP contribution in [0.25, 0.3) is 0 Å². The average molecular weight is 187 g/mol. The maximum Gasteiger partial charge on any atom is 0.339 e. The van der Waals surface area contributed by atoms with Gasteiger partial charge in [-0.1, -0.05) is 11.6 Å². The number of esters is 1. The van der Waals surface area contributed by atoms with E-state index in [1.54, 1.807) is 0 Å². The molecular formula is C7H5ClNO3. The van der Waals surface area contributed by atoms with Crippen LogP contribution < -0.4 is 0 Å². The topological polar surface area (TPSA) is 59.1 Å². The smallest absolute Gasteiger partial charge is 0.339 e. The number of nitrogens with zero attached hydrogens (tertiary/aromatic N) is 1. The van der Waals surface area contributed by atoms with Gasteiger partial charge >= 0.3 is 5.97 Å². The van der Waals surface area contributed by atoms with E-state index >= 15 is 0 Å². The molecular weight excluding hydrogens is 182 g/mol. The Morgan fingerprint density at radius 3 is 2.83 bits per heavy atom. The molecule has 0 amide bonds. The molecule has 1 aromatic rings. The van der Waals surface area contributed by atoms with E-state index in [4.69, 9.17) is 11.6 Å². The highest BCUT2D eigenvalue weighted by Gasteiger charge is 2.09. The second-order valence-electron chi connectivity index (χ2n) is 2.00. The van der Waals surface area contributed by atoms with Crippen molar-refractivity contribution in [2.24, 2.45) is 0 Å². The fourth-order valence-electron chi connectivity index (χ4n) is 0.655. The van der Waals surface area contributed by atoms with Crippen LogP contribution in [0.3, 0.4) is 0 Å². The number of ether oxygens (including phenoxy) is 1. The van der Waals surface area contributed by atoms with Gasteiger partial charge in [-0.05, 0) is 6.07 Å². The molecule has 0 aliphatic carbocycles. The summed E-state index contributed by atoms with van der Waals surface area (Å²) in [5.74, 6) is -1.12. The normalized spacial score (nSPS) is 9.50. The van der Waals surface area contributed by atoms with E-state index in [2.05, 4.69) is 9.72 Å². The van der Waals surface area contributed by atoms with Crippen LogP contribution in [0.2, 0.25) is 5.02 Å². The van der Waals surface area contributed by atoms with Crippen LogP contribution in [0.4, 0.5) is 0 Å². The Balaban J connectivity index is 3.05. The third-order valence-electron chi connectivity index (χ3n) is 1.23. The molecule has 0 saturated carbocycles. The second kappa shape index (κ2) is 3.40. The molecule has 0 atom stereocenters. The van der Waals surface area contributed by atoms with Crippen molar-refractivity contribution in [2.45, 2.75) is 0 Å². The standard InChI is InChI=1S/C7H5ClNO3/c1-12-7(11)4-2-5(8)6(10)9-3-4/h2-3H,1H3. The molecule has 1 aromatic heterocycles. The lowest BCUT2D eigenvalue weighted by molar-refractivity contribution is 0.0600. The summed E-state index contributed by atoms with van der Waals surface area (Å²) in [7, 11) is 1.24. The zero-order valence-electron chi connectivity index (χ0n) is 6.20. The molecule has 0 fully saturated rings. The molecule has 0 aliphatic heterocycles. The van der Waals surface area contributed by atoms with Gasteiger partial charge in [0.05, 0.1) is 12.7 Å². The van der Waals surface area contributed by atoms with Crippen molar-refractivity contribution in [3.63, 3.8) is 0 Å². The van der Waals surface area contributed by atoms with Gasteiger partial charge in [0.25, 0.3) is 5.88 Å². The maximum atomic E-state index is 10.9. The molecule has 12 heavy (non-hydrogen) atoms. The summed E-state index contributed by atoms with van der Waals surface area (Å²) >= 11 is 5.43. The Hall–Kier alpha value is -1.29. The monoisotopic (exact) mass is 186 g/mol. The number of carbonyl (C=O) groups is 1. The molecule has 0 bridgehead atoms. The third kappa shape index (κ3) is 1.65. The average Bonchev–Trinajstić information content (AvgIpc) is 2.08.